The molecule has 2 aliphatic rings. The van der Waals surface area contributed by atoms with Crippen LogP contribution in [0.15, 0.2) is 27.2 Å². The average molecular weight is 421 g/mol. The molecule has 1 saturated carbocycles. The van der Waals surface area contributed by atoms with Gasteiger partial charge in [0.1, 0.15) is 24.5 Å². The number of aliphatic hydroxyl groups is 1. The molecule has 0 radical (unpaired) electrons. The van der Waals surface area contributed by atoms with E-state index < -0.39 is 48.5 Å². The Morgan fingerprint density at radius 2 is 1.77 bits per heavy atom. The lowest BCUT2D eigenvalue weighted by molar-refractivity contribution is -0.210. The lowest BCUT2D eigenvalue weighted by Gasteiger charge is -2.44. The third-order valence-electron chi connectivity index (χ3n) is 5.15. The summed E-state index contributed by atoms with van der Waals surface area (Å²) in [4.78, 5) is 20.1. The normalized spacial score (nSPS) is 35.4. The SMILES string of the molecule is CC(=O)OC1[C@@H](C)[C@H](O[C@H]2OC(CO)=C[C@H](C)C2N=[N+]=[N-])C(N=[N+]=[N-])C[C@H]1N=[N+]=[N-]. The van der Waals surface area contributed by atoms with Crippen molar-refractivity contribution in [2.75, 3.05) is 6.61 Å². The summed E-state index contributed by atoms with van der Waals surface area (Å²) in [5, 5.41) is 20.6. The first kappa shape index (κ1) is 23.1. The molecule has 14 nitrogen and oxygen atoms in total. The number of azide groups is 3. The Hall–Kier alpha value is -3.14. The summed E-state index contributed by atoms with van der Waals surface area (Å²) in [6, 6.07) is -2.26. The maximum Gasteiger partial charge on any atom is 0.302 e. The molecule has 1 aliphatic carbocycles. The number of aliphatic hydroxyl groups excluding tert-OH is 1. The molecule has 30 heavy (non-hydrogen) atoms. The summed E-state index contributed by atoms with van der Waals surface area (Å²) < 4.78 is 17.1. The van der Waals surface area contributed by atoms with E-state index in [-0.39, 0.29) is 24.7 Å². The summed E-state index contributed by atoms with van der Waals surface area (Å²) in [7, 11) is 0. The van der Waals surface area contributed by atoms with Gasteiger partial charge in [-0.1, -0.05) is 29.2 Å². The number of carbonyl (C=O) groups excluding carboxylic acids is 1. The van der Waals surface area contributed by atoms with Gasteiger partial charge in [-0.2, -0.15) is 0 Å². The second-order valence-electron chi connectivity index (χ2n) is 7.15. The first-order chi connectivity index (χ1) is 14.4. The van der Waals surface area contributed by atoms with E-state index in [4.69, 9.17) is 30.8 Å². The molecule has 0 spiro atoms. The van der Waals surface area contributed by atoms with Crippen LogP contribution >= 0.6 is 0 Å². The zero-order valence-corrected chi connectivity index (χ0v) is 16.7. The number of ether oxygens (including phenoxy) is 3. The number of rotatable bonds is 7. The van der Waals surface area contributed by atoms with E-state index in [0.717, 1.165) is 0 Å². The smallest absolute Gasteiger partial charge is 0.302 e. The number of nitrogens with zero attached hydrogens (tertiary/aromatic N) is 9. The Balaban J connectivity index is 2.38. The van der Waals surface area contributed by atoms with Crippen molar-refractivity contribution in [3.63, 3.8) is 0 Å². The molecule has 0 aromatic rings. The molecular formula is C16H23N9O5. The monoisotopic (exact) mass is 421 g/mol. The van der Waals surface area contributed by atoms with Crippen LogP contribution in [0, 0.1) is 11.8 Å². The predicted molar refractivity (Wildman–Crippen MR) is 102 cm³/mol. The number of carbonyl (C=O) groups is 1. The van der Waals surface area contributed by atoms with Crippen LogP contribution in [0.3, 0.4) is 0 Å². The van der Waals surface area contributed by atoms with Crippen LogP contribution in [-0.4, -0.2) is 54.3 Å². The van der Waals surface area contributed by atoms with Crippen LogP contribution in [0.4, 0.5) is 0 Å². The van der Waals surface area contributed by atoms with Crippen LogP contribution < -0.4 is 0 Å². The zero-order valence-electron chi connectivity index (χ0n) is 16.7. The molecule has 0 aromatic carbocycles. The number of hydrogen-bond donors (Lipinski definition) is 1. The Morgan fingerprint density at radius 1 is 1.17 bits per heavy atom. The van der Waals surface area contributed by atoms with E-state index in [0.29, 0.717) is 0 Å². The van der Waals surface area contributed by atoms with Crippen LogP contribution in [0.5, 0.6) is 0 Å². The van der Waals surface area contributed by atoms with Gasteiger partial charge in [0.2, 0.25) is 6.29 Å². The Labute approximate surface area is 171 Å². The molecule has 0 amide bonds. The van der Waals surface area contributed by atoms with Gasteiger partial charge in [0.25, 0.3) is 0 Å². The Kier molecular flexibility index (Phi) is 8.16. The summed E-state index contributed by atoms with van der Waals surface area (Å²) >= 11 is 0. The topological polar surface area (TPSA) is 211 Å². The van der Waals surface area contributed by atoms with Gasteiger partial charge < -0.3 is 19.3 Å². The third kappa shape index (κ3) is 5.26. The minimum absolute atomic E-state index is 0.0816. The fourth-order valence-electron chi connectivity index (χ4n) is 3.82. The minimum Gasteiger partial charge on any atom is -0.467 e. The quantitative estimate of drug-likeness (QED) is 0.283. The van der Waals surface area contributed by atoms with Crippen LogP contribution in [-0.2, 0) is 19.0 Å². The van der Waals surface area contributed by atoms with Gasteiger partial charge in [-0.25, -0.2) is 0 Å². The van der Waals surface area contributed by atoms with Crippen LogP contribution in [0.2, 0.25) is 0 Å². The first-order valence-corrected chi connectivity index (χ1v) is 9.29. The highest BCUT2D eigenvalue weighted by atomic mass is 16.7. The van der Waals surface area contributed by atoms with Crippen molar-refractivity contribution >= 4 is 5.97 Å². The molecule has 162 valence electrons. The molecule has 0 bridgehead atoms. The Bertz CT molecular complexity index is 816. The van der Waals surface area contributed by atoms with Crippen molar-refractivity contribution in [1.29, 1.82) is 0 Å². The Morgan fingerprint density at radius 3 is 2.30 bits per heavy atom. The molecule has 2 rings (SSSR count). The number of esters is 1. The molecule has 1 N–H and O–H groups in total. The minimum atomic E-state index is -1.07. The van der Waals surface area contributed by atoms with Crippen molar-refractivity contribution in [3.05, 3.63) is 43.2 Å². The van der Waals surface area contributed by atoms with E-state index in [2.05, 4.69) is 30.1 Å². The second-order valence-corrected chi connectivity index (χ2v) is 7.15. The molecule has 8 atom stereocenters. The lowest BCUT2D eigenvalue weighted by Crippen LogP contribution is -2.55. The first-order valence-electron chi connectivity index (χ1n) is 9.29. The van der Waals surface area contributed by atoms with Crippen LogP contribution in [0.1, 0.15) is 27.2 Å². The van der Waals surface area contributed by atoms with Gasteiger partial charge in [-0.3, -0.25) is 4.79 Å². The average Bonchev–Trinajstić information content (AvgIpc) is 2.70. The summed E-state index contributed by atoms with van der Waals surface area (Å²) in [5.74, 6) is -1.16. The maximum atomic E-state index is 11.6. The summed E-state index contributed by atoms with van der Waals surface area (Å²) in [5.41, 5.74) is 26.8. The van der Waals surface area contributed by atoms with Gasteiger partial charge in [-0.05, 0) is 35.0 Å². The fourth-order valence-corrected chi connectivity index (χ4v) is 3.82. The van der Waals surface area contributed by atoms with E-state index in [1.807, 2.05) is 0 Å². The maximum absolute atomic E-state index is 11.6. The molecule has 14 heteroatoms. The van der Waals surface area contributed by atoms with Gasteiger partial charge in [0.05, 0.1) is 18.2 Å². The van der Waals surface area contributed by atoms with Gasteiger partial charge >= 0.3 is 5.97 Å². The predicted octanol–water partition coefficient (Wildman–Crippen LogP) is 3.25. The van der Waals surface area contributed by atoms with Crippen LogP contribution in [0.25, 0.3) is 31.3 Å². The molecule has 1 aliphatic heterocycles. The van der Waals surface area contributed by atoms with Crippen molar-refractivity contribution in [2.24, 2.45) is 27.2 Å². The van der Waals surface area contributed by atoms with Gasteiger partial charge in [0.15, 0.2) is 0 Å². The fraction of sp³-hybridized carbons (Fsp3) is 0.812. The molecular weight excluding hydrogens is 398 g/mol. The summed E-state index contributed by atoms with van der Waals surface area (Å²) in [6.07, 6.45) is -0.977. The van der Waals surface area contributed by atoms with E-state index in [1.165, 1.54) is 6.92 Å². The molecule has 1 heterocycles. The van der Waals surface area contributed by atoms with Crippen molar-refractivity contribution in [3.8, 4) is 0 Å². The van der Waals surface area contributed by atoms with Crippen molar-refractivity contribution in [1.82, 2.24) is 0 Å². The third-order valence-corrected chi connectivity index (χ3v) is 5.15. The highest BCUT2D eigenvalue weighted by Gasteiger charge is 2.47. The largest absolute Gasteiger partial charge is 0.467 e. The summed E-state index contributed by atoms with van der Waals surface area (Å²) in [6.45, 7) is 4.34. The standard InChI is InChI=1S/C16H23N9O5/c1-7-4-10(6-26)29-16(13(7)22-25-19)30-15-8(2)14(28-9(3)27)11(20-23-17)5-12(15)21-24-18/h4,7-8,11-16,26H,5-6H2,1-3H3/t7-,8+,11+,12?,13?,14?,15-,16+/m0/s1. The van der Waals surface area contributed by atoms with E-state index >= 15 is 0 Å². The van der Waals surface area contributed by atoms with E-state index in [1.54, 1.807) is 19.9 Å². The number of hydrogen-bond acceptors (Lipinski definition) is 8. The van der Waals surface area contributed by atoms with Gasteiger partial charge in [0, 0.05) is 27.6 Å². The van der Waals surface area contributed by atoms with E-state index in [9.17, 15) is 9.90 Å². The van der Waals surface area contributed by atoms with Crippen molar-refractivity contribution < 1.29 is 24.1 Å². The second kappa shape index (κ2) is 10.6. The zero-order chi connectivity index (χ0) is 22.3. The molecule has 0 saturated heterocycles. The molecule has 1 fully saturated rings. The molecule has 0 aromatic heterocycles. The lowest BCUT2D eigenvalue weighted by atomic mass is 9.78. The van der Waals surface area contributed by atoms with Crippen molar-refractivity contribution in [2.45, 2.75) is 63.8 Å². The highest BCUT2D eigenvalue weighted by molar-refractivity contribution is 5.66. The van der Waals surface area contributed by atoms with Gasteiger partial charge in [-0.15, -0.1) is 0 Å². The molecule has 3 unspecified atom stereocenters. The highest BCUT2D eigenvalue weighted by Crippen LogP contribution is 2.37.